The lowest BCUT2D eigenvalue weighted by Crippen LogP contribution is -2.24. The minimum atomic E-state index is -0.0430. The van der Waals surface area contributed by atoms with Gasteiger partial charge in [-0.05, 0) is 56.3 Å². The Hall–Kier alpha value is -2.33. The SMILES string of the molecule is CCOc1cccc(CNC(=O)c2ccccc2CCNC)c1. The minimum absolute atomic E-state index is 0.0430. The number of hydrogen-bond donors (Lipinski definition) is 2. The van der Waals surface area contributed by atoms with Crippen LogP contribution in [0.4, 0.5) is 0 Å². The van der Waals surface area contributed by atoms with Crippen LogP contribution in [0.3, 0.4) is 0 Å². The summed E-state index contributed by atoms with van der Waals surface area (Å²) in [7, 11) is 1.91. The number of carbonyl (C=O) groups excluding carboxylic acids is 1. The normalized spacial score (nSPS) is 10.3. The topological polar surface area (TPSA) is 50.4 Å². The van der Waals surface area contributed by atoms with Gasteiger partial charge in [-0.2, -0.15) is 0 Å². The van der Waals surface area contributed by atoms with E-state index in [0.29, 0.717) is 13.2 Å². The molecule has 4 nitrogen and oxygen atoms in total. The van der Waals surface area contributed by atoms with E-state index in [0.717, 1.165) is 35.4 Å². The van der Waals surface area contributed by atoms with Crippen LogP contribution in [0.25, 0.3) is 0 Å². The van der Waals surface area contributed by atoms with Crippen molar-refractivity contribution < 1.29 is 9.53 Å². The summed E-state index contributed by atoms with van der Waals surface area (Å²) >= 11 is 0. The summed E-state index contributed by atoms with van der Waals surface area (Å²) in [4.78, 5) is 12.4. The van der Waals surface area contributed by atoms with E-state index < -0.39 is 0 Å². The predicted molar refractivity (Wildman–Crippen MR) is 92.9 cm³/mol. The zero-order valence-electron chi connectivity index (χ0n) is 13.8. The monoisotopic (exact) mass is 312 g/mol. The molecule has 0 heterocycles. The van der Waals surface area contributed by atoms with Crippen molar-refractivity contribution in [3.63, 3.8) is 0 Å². The van der Waals surface area contributed by atoms with Gasteiger partial charge >= 0.3 is 0 Å². The Morgan fingerprint density at radius 3 is 2.74 bits per heavy atom. The highest BCUT2D eigenvalue weighted by molar-refractivity contribution is 5.95. The van der Waals surface area contributed by atoms with Crippen molar-refractivity contribution in [1.82, 2.24) is 10.6 Å². The number of likely N-dealkylation sites (N-methyl/N-ethyl adjacent to an activating group) is 1. The highest BCUT2D eigenvalue weighted by Gasteiger charge is 2.10. The molecule has 0 saturated heterocycles. The fourth-order valence-electron chi connectivity index (χ4n) is 2.41. The summed E-state index contributed by atoms with van der Waals surface area (Å²) in [5.74, 6) is 0.784. The van der Waals surface area contributed by atoms with Crippen LogP contribution in [0.15, 0.2) is 48.5 Å². The molecule has 0 unspecified atom stereocenters. The van der Waals surface area contributed by atoms with Crippen LogP contribution in [-0.4, -0.2) is 26.1 Å². The van der Waals surface area contributed by atoms with Gasteiger partial charge in [0.05, 0.1) is 6.61 Å². The Morgan fingerprint density at radius 1 is 1.13 bits per heavy atom. The molecule has 0 atom stereocenters. The van der Waals surface area contributed by atoms with Crippen LogP contribution in [0.1, 0.15) is 28.4 Å². The molecular weight excluding hydrogens is 288 g/mol. The molecule has 0 aliphatic rings. The van der Waals surface area contributed by atoms with E-state index in [-0.39, 0.29) is 5.91 Å². The van der Waals surface area contributed by atoms with Crippen LogP contribution in [0.5, 0.6) is 5.75 Å². The largest absolute Gasteiger partial charge is 0.494 e. The molecule has 0 radical (unpaired) electrons. The molecule has 1 amide bonds. The Morgan fingerprint density at radius 2 is 1.96 bits per heavy atom. The molecule has 0 aliphatic carbocycles. The van der Waals surface area contributed by atoms with Crippen LogP contribution in [0.2, 0.25) is 0 Å². The Balaban J connectivity index is 2.01. The smallest absolute Gasteiger partial charge is 0.251 e. The predicted octanol–water partition coefficient (Wildman–Crippen LogP) is 2.78. The first kappa shape index (κ1) is 17.0. The number of ether oxygens (including phenoxy) is 1. The van der Waals surface area contributed by atoms with Gasteiger partial charge < -0.3 is 15.4 Å². The molecule has 0 aliphatic heterocycles. The van der Waals surface area contributed by atoms with E-state index in [1.807, 2.05) is 62.5 Å². The van der Waals surface area contributed by atoms with E-state index in [2.05, 4.69) is 10.6 Å². The van der Waals surface area contributed by atoms with E-state index >= 15 is 0 Å². The van der Waals surface area contributed by atoms with E-state index in [9.17, 15) is 4.79 Å². The quantitative estimate of drug-likeness (QED) is 0.788. The zero-order chi connectivity index (χ0) is 16.5. The minimum Gasteiger partial charge on any atom is -0.494 e. The van der Waals surface area contributed by atoms with Gasteiger partial charge in [-0.3, -0.25) is 4.79 Å². The molecule has 2 aromatic carbocycles. The maximum Gasteiger partial charge on any atom is 0.251 e. The maximum atomic E-state index is 12.4. The van der Waals surface area contributed by atoms with Crippen molar-refractivity contribution in [2.75, 3.05) is 20.2 Å². The number of amides is 1. The molecule has 122 valence electrons. The molecule has 2 N–H and O–H groups in total. The maximum absolute atomic E-state index is 12.4. The van der Waals surface area contributed by atoms with Crippen molar-refractivity contribution in [2.24, 2.45) is 0 Å². The third-order valence-corrected chi connectivity index (χ3v) is 3.57. The Kier molecular flexibility index (Phi) is 6.63. The number of benzene rings is 2. The lowest BCUT2D eigenvalue weighted by Gasteiger charge is -2.11. The fourth-order valence-corrected chi connectivity index (χ4v) is 2.41. The number of rotatable bonds is 8. The summed E-state index contributed by atoms with van der Waals surface area (Å²) in [6, 6.07) is 15.5. The van der Waals surface area contributed by atoms with Crippen molar-refractivity contribution in [2.45, 2.75) is 19.9 Å². The van der Waals surface area contributed by atoms with Crippen LogP contribution >= 0.6 is 0 Å². The van der Waals surface area contributed by atoms with Crippen LogP contribution in [0, 0.1) is 0 Å². The van der Waals surface area contributed by atoms with Gasteiger partial charge in [-0.15, -0.1) is 0 Å². The molecule has 4 heteroatoms. The standard InChI is InChI=1S/C19H24N2O2/c1-3-23-17-9-6-7-15(13-17)14-21-19(22)18-10-5-4-8-16(18)11-12-20-2/h4-10,13,20H,3,11-12,14H2,1-2H3,(H,21,22). The molecule has 23 heavy (non-hydrogen) atoms. The first-order chi connectivity index (χ1) is 11.2. The second-order valence-corrected chi connectivity index (χ2v) is 5.27. The molecule has 2 aromatic rings. The first-order valence-electron chi connectivity index (χ1n) is 7.97. The van der Waals surface area contributed by atoms with E-state index in [1.54, 1.807) is 0 Å². The second kappa shape index (κ2) is 8.96. The van der Waals surface area contributed by atoms with Gasteiger partial charge in [-0.1, -0.05) is 30.3 Å². The molecule has 0 aromatic heterocycles. The lowest BCUT2D eigenvalue weighted by molar-refractivity contribution is 0.0950. The summed E-state index contributed by atoms with van der Waals surface area (Å²) < 4.78 is 5.48. The van der Waals surface area contributed by atoms with Gasteiger partial charge in [0.25, 0.3) is 5.91 Å². The summed E-state index contributed by atoms with van der Waals surface area (Å²) in [5, 5.41) is 6.10. The van der Waals surface area contributed by atoms with Crippen molar-refractivity contribution in [1.29, 1.82) is 0 Å². The summed E-state index contributed by atoms with van der Waals surface area (Å²) in [6.07, 6.45) is 0.833. The second-order valence-electron chi connectivity index (χ2n) is 5.27. The van der Waals surface area contributed by atoms with Crippen molar-refractivity contribution in [3.05, 3.63) is 65.2 Å². The number of carbonyl (C=O) groups is 1. The Bertz CT molecular complexity index is 641. The van der Waals surface area contributed by atoms with Gasteiger partial charge in [0.15, 0.2) is 0 Å². The molecule has 0 saturated carbocycles. The average molecular weight is 312 g/mol. The first-order valence-corrected chi connectivity index (χ1v) is 7.97. The Labute approximate surface area is 137 Å². The van der Waals surface area contributed by atoms with Crippen molar-refractivity contribution in [3.8, 4) is 5.75 Å². The van der Waals surface area contributed by atoms with E-state index in [1.165, 1.54) is 0 Å². The van der Waals surface area contributed by atoms with Crippen molar-refractivity contribution >= 4 is 5.91 Å². The highest BCUT2D eigenvalue weighted by Crippen LogP contribution is 2.14. The molecule has 2 rings (SSSR count). The van der Waals surface area contributed by atoms with Gasteiger partial charge in [-0.25, -0.2) is 0 Å². The van der Waals surface area contributed by atoms with Crippen LogP contribution in [-0.2, 0) is 13.0 Å². The van der Waals surface area contributed by atoms with E-state index in [4.69, 9.17) is 4.74 Å². The zero-order valence-corrected chi connectivity index (χ0v) is 13.8. The lowest BCUT2D eigenvalue weighted by atomic mass is 10.0. The molecule has 0 fully saturated rings. The third-order valence-electron chi connectivity index (χ3n) is 3.57. The molecular formula is C19H24N2O2. The summed E-state index contributed by atoms with van der Waals surface area (Å²) in [5.41, 5.74) is 2.82. The number of hydrogen-bond acceptors (Lipinski definition) is 3. The number of nitrogens with one attached hydrogen (secondary N) is 2. The highest BCUT2D eigenvalue weighted by atomic mass is 16.5. The van der Waals surface area contributed by atoms with Gasteiger partial charge in [0.1, 0.15) is 5.75 Å². The third kappa shape index (κ3) is 5.11. The van der Waals surface area contributed by atoms with Gasteiger partial charge in [0, 0.05) is 12.1 Å². The van der Waals surface area contributed by atoms with Gasteiger partial charge in [0.2, 0.25) is 0 Å². The average Bonchev–Trinajstić information content (AvgIpc) is 2.59. The molecule has 0 spiro atoms. The summed E-state index contributed by atoms with van der Waals surface area (Å²) in [6.45, 7) is 3.92. The van der Waals surface area contributed by atoms with Crippen LogP contribution < -0.4 is 15.4 Å². The molecule has 0 bridgehead atoms. The fraction of sp³-hybridized carbons (Fsp3) is 0.316.